The van der Waals surface area contributed by atoms with Gasteiger partial charge in [-0.2, -0.15) is 8.78 Å². The Kier molecular flexibility index (Phi) is 5.62. The maximum Gasteiger partial charge on any atom is 0.359 e. The zero-order valence-electron chi connectivity index (χ0n) is 15.5. The summed E-state index contributed by atoms with van der Waals surface area (Å²) in [5.74, 6) is -0.499. The van der Waals surface area contributed by atoms with Crippen LogP contribution in [-0.2, 0) is 10.8 Å². The van der Waals surface area contributed by atoms with Gasteiger partial charge in [0, 0.05) is 11.3 Å². The molecule has 0 saturated carbocycles. The fraction of sp³-hybridized carbons (Fsp3) is 0.0952. The minimum atomic E-state index is -3.43. The number of anilines is 1. The Balaban J connectivity index is 1.63. The first kappa shape index (κ1) is 19.8. The molecule has 0 fully saturated rings. The van der Waals surface area contributed by atoms with E-state index in [1.54, 1.807) is 30.3 Å². The van der Waals surface area contributed by atoms with E-state index in [4.69, 9.17) is 4.42 Å². The summed E-state index contributed by atoms with van der Waals surface area (Å²) in [6, 6.07) is 14.4. The highest BCUT2D eigenvalue weighted by Crippen LogP contribution is 2.37. The molecule has 9 heteroatoms. The first-order chi connectivity index (χ1) is 14.6. The van der Waals surface area contributed by atoms with Crippen molar-refractivity contribution in [3.63, 3.8) is 0 Å². The number of nitrogens with one attached hydrogen (secondary N) is 1. The van der Waals surface area contributed by atoms with Crippen molar-refractivity contribution < 1.29 is 18.0 Å². The van der Waals surface area contributed by atoms with Gasteiger partial charge in [-0.1, -0.05) is 60.3 Å². The van der Waals surface area contributed by atoms with Crippen molar-refractivity contribution >= 4 is 23.4 Å². The second-order valence-electron chi connectivity index (χ2n) is 6.26. The van der Waals surface area contributed by atoms with Gasteiger partial charge < -0.3 is 9.73 Å². The van der Waals surface area contributed by atoms with E-state index < -0.39 is 6.05 Å². The summed E-state index contributed by atoms with van der Waals surface area (Å²) in [7, 11) is 0. The summed E-state index contributed by atoms with van der Waals surface area (Å²) in [5, 5.41) is 10.5. The average molecular weight is 426 g/mol. The molecule has 30 heavy (non-hydrogen) atoms. The van der Waals surface area contributed by atoms with Crippen LogP contribution in [0, 0.1) is 0 Å². The van der Waals surface area contributed by atoms with Crippen molar-refractivity contribution in [2.24, 2.45) is 0 Å². The number of carbonyl (C=O) groups is 1. The number of alkyl halides is 2. The van der Waals surface area contributed by atoms with Crippen molar-refractivity contribution in [1.82, 2.24) is 14.8 Å². The maximum absolute atomic E-state index is 15.4. The number of para-hydroxylation sites is 1. The number of rotatable bonds is 7. The molecule has 152 valence electrons. The molecule has 2 aromatic carbocycles. The van der Waals surface area contributed by atoms with E-state index in [-0.39, 0.29) is 28.2 Å². The topological polar surface area (TPSA) is 73.0 Å². The number of benzene rings is 2. The predicted octanol–water partition coefficient (Wildman–Crippen LogP) is 4.87. The fourth-order valence-electron chi connectivity index (χ4n) is 2.81. The fourth-order valence-corrected chi connectivity index (χ4v) is 3.57. The predicted molar refractivity (Wildman–Crippen MR) is 109 cm³/mol. The van der Waals surface area contributed by atoms with Crippen molar-refractivity contribution in [3.8, 4) is 11.4 Å². The second kappa shape index (κ2) is 8.50. The molecule has 0 atom stereocenters. The summed E-state index contributed by atoms with van der Waals surface area (Å²) in [5.41, 5.74) is 0.766. The first-order valence-electron chi connectivity index (χ1n) is 8.95. The van der Waals surface area contributed by atoms with E-state index >= 15 is 8.78 Å². The van der Waals surface area contributed by atoms with Crippen LogP contribution in [0.15, 0.2) is 88.8 Å². The summed E-state index contributed by atoms with van der Waals surface area (Å²) in [6.45, 7) is 0. The normalized spacial score (nSPS) is 11.4. The van der Waals surface area contributed by atoms with E-state index in [2.05, 4.69) is 15.5 Å². The minimum Gasteiger partial charge on any atom is -0.472 e. The van der Waals surface area contributed by atoms with Crippen LogP contribution in [0.2, 0.25) is 0 Å². The number of furan rings is 1. The average Bonchev–Trinajstić information content (AvgIpc) is 3.43. The van der Waals surface area contributed by atoms with Gasteiger partial charge >= 0.3 is 6.05 Å². The summed E-state index contributed by atoms with van der Waals surface area (Å²) < 4.78 is 36.6. The van der Waals surface area contributed by atoms with Crippen molar-refractivity contribution in [3.05, 3.63) is 84.8 Å². The van der Waals surface area contributed by atoms with Gasteiger partial charge in [0.05, 0.1) is 17.6 Å². The highest BCUT2D eigenvalue weighted by atomic mass is 32.2. The highest BCUT2D eigenvalue weighted by molar-refractivity contribution is 7.99. The van der Waals surface area contributed by atoms with Gasteiger partial charge in [0.25, 0.3) is 0 Å². The number of hydrogen-bond donors (Lipinski definition) is 1. The SMILES string of the molecule is O=C(CSc1nnc(-c2ccoc2)n1C(F)(F)c1ccccc1)Nc1ccccc1. The Morgan fingerprint density at radius 2 is 1.73 bits per heavy atom. The van der Waals surface area contributed by atoms with Gasteiger partial charge in [0.15, 0.2) is 11.0 Å². The Labute approximate surface area is 174 Å². The third-order valence-corrected chi connectivity index (χ3v) is 5.13. The van der Waals surface area contributed by atoms with E-state index in [9.17, 15) is 4.79 Å². The summed E-state index contributed by atoms with van der Waals surface area (Å²) in [6.07, 6.45) is 2.69. The van der Waals surface area contributed by atoms with Gasteiger partial charge in [-0.25, -0.2) is 4.57 Å². The molecule has 1 N–H and O–H groups in total. The largest absolute Gasteiger partial charge is 0.472 e. The Morgan fingerprint density at radius 3 is 2.40 bits per heavy atom. The lowest BCUT2D eigenvalue weighted by Crippen LogP contribution is -2.26. The molecular formula is C21H16F2N4O2S. The molecule has 0 aliphatic heterocycles. The van der Waals surface area contributed by atoms with Crippen LogP contribution in [-0.4, -0.2) is 26.4 Å². The number of aromatic nitrogens is 3. The van der Waals surface area contributed by atoms with Crippen molar-refractivity contribution in [2.45, 2.75) is 11.2 Å². The van der Waals surface area contributed by atoms with Crippen LogP contribution in [0.3, 0.4) is 0 Å². The molecule has 0 aliphatic carbocycles. The van der Waals surface area contributed by atoms with Gasteiger partial charge in [0.2, 0.25) is 5.91 Å². The van der Waals surface area contributed by atoms with E-state index in [0.717, 1.165) is 16.3 Å². The second-order valence-corrected chi connectivity index (χ2v) is 7.21. The molecule has 4 aromatic rings. The molecule has 1 amide bonds. The molecular weight excluding hydrogens is 410 g/mol. The Bertz CT molecular complexity index is 1120. The molecule has 2 aromatic heterocycles. The molecule has 0 unspecified atom stereocenters. The van der Waals surface area contributed by atoms with Crippen molar-refractivity contribution in [1.29, 1.82) is 0 Å². The van der Waals surface area contributed by atoms with Gasteiger partial charge in [-0.05, 0) is 18.2 Å². The molecule has 0 bridgehead atoms. The number of carbonyl (C=O) groups excluding carboxylic acids is 1. The number of thioether (sulfide) groups is 1. The molecule has 0 aliphatic rings. The first-order valence-corrected chi connectivity index (χ1v) is 9.94. The quantitative estimate of drug-likeness (QED) is 0.427. The Morgan fingerprint density at radius 1 is 1.03 bits per heavy atom. The van der Waals surface area contributed by atoms with E-state index in [1.807, 2.05) is 6.07 Å². The van der Waals surface area contributed by atoms with Crippen LogP contribution in [0.25, 0.3) is 11.4 Å². The molecule has 6 nitrogen and oxygen atoms in total. The molecule has 2 heterocycles. The van der Waals surface area contributed by atoms with Crippen LogP contribution in [0.5, 0.6) is 0 Å². The maximum atomic E-state index is 15.4. The zero-order valence-corrected chi connectivity index (χ0v) is 16.4. The number of amides is 1. The third-order valence-electron chi connectivity index (χ3n) is 4.20. The van der Waals surface area contributed by atoms with E-state index in [1.165, 1.54) is 42.9 Å². The number of hydrogen-bond acceptors (Lipinski definition) is 5. The van der Waals surface area contributed by atoms with Gasteiger partial charge in [-0.3, -0.25) is 4.79 Å². The number of nitrogens with zero attached hydrogens (tertiary/aromatic N) is 3. The van der Waals surface area contributed by atoms with Crippen LogP contribution >= 0.6 is 11.8 Å². The van der Waals surface area contributed by atoms with Crippen LogP contribution in [0.1, 0.15) is 5.56 Å². The molecule has 0 saturated heterocycles. The lowest BCUT2D eigenvalue weighted by Gasteiger charge is -2.21. The Hall–Kier alpha value is -3.46. The standard InChI is InChI=1S/C21H16F2N4O2S/c22-21(23,16-7-3-1-4-8-16)27-19(15-11-12-29-13-15)25-26-20(27)30-14-18(28)24-17-9-5-2-6-10-17/h1-13H,14H2,(H,24,28). The molecule has 0 spiro atoms. The lowest BCUT2D eigenvalue weighted by atomic mass is 10.2. The van der Waals surface area contributed by atoms with Crippen LogP contribution in [0.4, 0.5) is 14.5 Å². The molecule has 0 radical (unpaired) electrons. The van der Waals surface area contributed by atoms with Crippen molar-refractivity contribution in [2.75, 3.05) is 11.1 Å². The minimum absolute atomic E-state index is 0.0522. The highest BCUT2D eigenvalue weighted by Gasteiger charge is 2.39. The van der Waals surface area contributed by atoms with E-state index in [0.29, 0.717) is 11.3 Å². The third kappa shape index (κ3) is 4.11. The smallest absolute Gasteiger partial charge is 0.359 e. The van der Waals surface area contributed by atoms with Gasteiger partial charge in [-0.15, -0.1) is 10.2 Å². The summed E-state index contributed by atoms with van der Waals surface area (Å²) >= 11 is 0.881. The van der Waals surface area contributed by atoms with Gasteiger partial charge in [0.1, 0.15) is 6.26 Å². The zero-order chi connectivity index (χ0) is 21.0. The summed E-state index contributed by atoms with van der Waals surface area (Å²) in [4.78, 5) is 12.3. The monoisotopic (exact) mass is 426 g/mol. The number of halogens is 2. The molecule has 4 rings (SSSR count). The van der Waals surface area contributed by atoms with Crippen LogP contribution < -0.4 is 5.32 Å². The lowest BCUT2D eigenvalue weighted by molar-refractivity contribution is -0.113.